The second-order valence-electron chi connectivity index (χ2n) is 6.41. The lowest BCUT2D eigenvalue weighted by Crippen LogP contribution is -2.23. The summed E-state index contributed by atoms with van der Waals surface area (Å²) < 4.78 is 6.55. The van der Waals surface area contributed by atoms with Gasteiger partial charge >= 0.3 is 0 Å². The lowest BCUT2D eigenvalue weighted by Gasteiger charge is -2.14. The quantitative estimate of drug-likeness (QED) is 0.504. The third-order valence-corrected chi connectivity index (χ3v) is 4.93. The second kappa shape index (κ2) is 9.92. The van der Waals surface area contributed by atoms with Gasteiger partial charge in [0.25, 0.3) is 11.8 Å². The van der Waals surface area contributed by atoms with Crippen LogP contribution in [0.4, 0.5) is 5.69 Å². The summed E-state index contributed by atoms with van der Waals surface area (Å²) >= 11 is 18.3. The number of ether oxygens (including phenoxy) is 1. The number of carbonyl (C=O) groups excluding carboxylic acids is 2. The van der Waals surface area contributed by atoms with Crippen LogP contribution in [-0.4, -0.2) is 40.2 Å². The van der Waals surface area contributed by atoms with Gasteiger partial charge in [0.1, 0.15) is 5.69 Å². The molecule has 2 aromatic heterocycles. The zero-order valence-corrected chi connectivity index (χ0v) is 19.1. The van der Waals surface area contributed by atoms with Gasteiger partial charge < -0.3 is 15.4 Å². The zero-order valence-electron chi connectivity index (χ0n) is 16.9. The van der Waals surface area contributed by atoms with Gasteiger partial charge in [0.05, 0.1) is 21.3 Å². The van der Waals surface area contributed by atoms with Gasteiger partial charge in [0.15, 0.2) is 12.4 Å². The summed E-state index contributed by atoms with van der Waals surface area (Å²) in [6, 6.07) is 5.92. The maximum atomic E-state index is 13.2. The van der Waals surface area contributed by atoms with E-state index in [1.165, 1.54) is 36.1 Å². The summed E-state index contributed by atoms with van der Waals surface area (Å²) in [7, 11) is 1.47. The van der Waals surface area contributed by atoms with Crippen LogP contribution >= 0.6 is 34.8 Å². The number of amides is 2. The van der Waals surface area contributed by atoms with Gasteiger partial charge in [0, 0.05) is 24.3 Å². The van der Waals surface area contributed by atoms with Crippen molar-refractivity contribution in [3.63, 3.8) is 0 Å². The number of hydrogen-bond donors (Lipinski definition) is 2. The smallest absolute Gasteiger partial charge is 0.274 e. The van der Waals surface area contributed by atoms with Crippen LogP contribution in [0.2, 0.25) is 15.1 Å². The van der Waals surface area contributed by atoms with Crippen LogP contribution in [0.25, 0.3) is 5.82 Å². The van der Waals surface area contributed by atoms with Gasteiger partial charge in [-0.15, -0.1) is 11.5 Å². The van der Waals surface area contributed by atoms with E-state index in [4.69, 9.17) is 46.0 Å². The average Bonchev–Trinajstić information content (AvgIpc) is 3.17. The lowest BCUT2D eigenvalue weighted by molar-refractivity contribution is 0.0964. The summed E-state index contributed by atoms with van der Waals surface area (Å²) in [5.41, 5.74) is 1.10. The molecule has 0 fully saturated rings. The molecule has 0 atom stereocenters. The first-order chi connectivity index (χ1) is 15.2. The highest BCUT2D eigenvalue weighted by Crippen LogP contribution is 2.28. The van der Waals surface area contributed by atoms with E-state index in [-0.39, 0.29) is 40.3 Å². The SMILES string of the molecule is C#CCOc1cc(C(=O)Nc2c(C)cc(Cl)cc2C(=O)NC)n(-c2ncc(Cl)cc2Cl)n1. The third-order valence-electron chi connectivity index (χ3n) is 4.22. The summed E-state index contributed by atoms with van der Waals surface area (Å²) in [6.07, 6.45) is 6.60. The minimum Gasteiger partial charge on any atom is -0.463 e. The van der Waals surface area contributed by atoms with Gasteiger partial charge in [0.2, 0.25) is 5.88 Å². The molecule has 1 aromatic carbocycles. The van der Waals surface area contributed by atoms with E-state index in [1.807, 2.05) is 0 Å². The normalized spacial score (nSPS) is 10.4. The van der Waals surface area contributed by atoms with Crippen LogP contribution in [0.3, 0.4) is 0 Å². The number of halogens is 3. The Morgan fingerprint density at radius 1 is 1.16 bits per heavy atom. The van der Waals surface area contributed by atoms with Crippen LogP contribution in [0.15, 0.2) is 30.5 Å². The molecular weight excluding hydrogens is 477 g/mol. The van der Waals surface area contributed by atoms with E-state index >= 15 is 0 Å². The van der Waals surface area contributed by atoms with Crippen molar-refractivity contribution in [3.8, 4) is 24.0 Å². The van der Waals surface area contributed by atoms with Crippen molar-refractivity contribution in [1.29, 1.82) is 0 Å². The monoisotopic (exact) mass is 491 g/mol. The highest BCUT2D eigenvalue weighted by Gasteiger charge is 2.23. The number of carbonyl (C=O) groups is 2. The number of pyridine rings is 1. The minimum atomic E-state index is -0.601. The molecule has 164 valence electrons. The van der Waals surface area contributed by atoms with Gasteiger partial charge in [-0.05, 0) is 30.7 Å². The van der Waals surface area contributed by atoms with Gasteiger partial charge in [-0.25, -0.2) is 9.67 Å². The Bertz CT molecular complexity index is 1250. The van der Waals surface area contributed by atoms with Gasteiger partial charge in [-0.1, -0.05) is 40.7 Å². The Hall–Kier alpha value is -3.25. The molecule has 0 unspecified atom stereocenters. The van der Waals surface area contributed by atoms with E-state index < -0.39 is 11.8 Å². The Morgan fingerprint density at radius 3 is 2.56 bits per heavy atom. The molecule has 0 saturated heterocycles. The highest BCUT2D eigenvalue weighted by molar-refractivity contribution is 6.35. The van der Waals surface area contributed by atoms with Gasteiger partial charge in [-0.3, -0.25) is 9.59 Å². The van der Waals surface area contributed by atoms with Gasteiger partial charge in [-0.2, -0.15) is 0 Å². The first-order valence-electron chi connectivity index (χ1n) is 9.06. The molecule has 8 nitrogen and oxygen atoms in total. The van der Waals surface area contributed by atoms with Crippen molar-refractivity contribution in [2.24, 2.45) is 0 Å². The average molecular weight is 493 g/mol. The Morgan fingerprint density at radius 2 is 1.91 bits per heavy atom. The van der Waals surface area contributed by atoms with Crippen molar-refractivity contribution in [2.75, 3.05) is 19.0 Å². The van der Waals surface area contributed by atoms with Crippen molar-refractivity contribution < 1.29 is 14.3 Å². The predicted molar refractivity (Wildman–Crippen MR) is 123 cm³/mol. The van der Waals surface area contributed by atoms with Crippen LogP contribution in [-0.2, 0) is 0 Å². The van der Waals surface area contributed by atoms with E-state index in [1.54, 1.807) is 13.0 Å². The number of rotatable bonds is 6. The maximum absolute atomic E-state index is 13.2. The number of nitrogens with one attached hydrogen (secondary N) is 2. The topological polar surface area (TPSA) is 98.1 Å². The van der Waals surface area contributed by atoms with E-state index in [9.17, 15) is 9.59 Å². The largest absolute Gasteiger partial charge is 0.463 e. The second-order valence-corrected chi connectivity index (χ2v) is 7.69. The zero-order chi connectivity index (χ0) is 23.4. The van der Waals surface area contributed by atoms with Crippen LogP contribution in [0, 0.1) is 19.3 Å². The summed E-state index contributed by atoms with van der Waals surface area (Å²) in [6.45, 7) is 1.65. The molecule has 32 heavy (non-hydrogen) atoms. The molecule has 0 aliphatic heterocycles. The first-order valence-corrected chi connectivity index (χ1v) is 10.2. The molecular formula is C21H16Cl3N5O3. The molecule has 0 bridgehead atoms. The van der Waals surface area contributed by atoms with Crippen molar-refractivity contribution >= 4 is 52.3 Å². The standard InChI is InChI=1S/C21H16Cl3N5O3/c1-4-5-32-17-9-16(29(28-17)19-15(24)8-13(23)10-26-19)21(31)27-18-11(2)6-12(22)7-14(18)20(30)25-3/h1,6-10H,5H2,2-3H3,(H,25,30)(H,27,31). The summed E-state index contributed by atoms with van der Waals surface area (Å²) in [5, 5.41) is 10.3. The fourth-order valence-electron chi connectivity index (χ4n) is 2.83. The molecule has 0 aliphatic rings. The molecule has 0 aliphatic carbocycles. The number of anilines is 1. The number of nitrogens with zero attached hydrogens (tertiary/aromatic N) is 3. The van der Waals surface area contributed by atoms with Crippen LogP contribution in [0.1, 0.15) is 26.4 Å². The molecule has 3 rings (SSSR count). The summed E-state index contributed by atoms with van der Waals surface area (Å²) in [4.78, 5) is 29.7. The summed E-state index contributed by atoms with van der Waals surface area (Å²) in [5.74, 6) is 1.54. The number of hydrogen-bond acceptors (Lipinski definition) is 5. The molecule has 2 N–H and O–H groups in total. The molecule has 2 amide bonds. The molecule has 0 saturated carbocycles. The van der Waals surface area contributed by atoms with E-state index in [0.717, 1.165) is 0 Å². The van der Waals surface area contributed by atoms with E-state index in [0.29, 0.717) is 15.6 Å². The number of benzene rings is 1. The Labute approximate surface area is 198 Å². The first kappa shape index (κ1) is 23.4. The highest BCUT2D eigenvalue weighted by atomic mass is 35.5. The van der Waals surface area contributed by atoms with E-state index in [2.05, 4.69) is 26.6 Å². The number of terminal acetylenes is 1. The predicted octanol–water partition coefficient (Wildman–Crippen LogP) is 4.16. The Balaban J connectivity index is 2.08. The maximum Gasteiger partial charge on any atom is 0.274 e. The van der Waals surface area contributed by atoms with Crippen molar-refractivity contribution in [1.82, 2.24) is 20.1 Å². The minimum absolute atomic E-state index is 0.0333. The van der Waals surface area contributed by atoms with Crippen LogP contribution in [0.5, 0.6) is 5.88 Å². The Kier molecular flexibility index (Phi) is 7.26. The molecule has 2 heterocycles. The molecule has 0 radical (unpaired) electrons. The van der Waals surface area contributed by atoms with Crippen LogP contribution < -0.4 is 15.4 Å². The van der Waals surface area contributed by atoms with Crippen molar-refractivity contribution in [3.05, 3.63) is 62.4 Å². The molecule has 11 heteroatoms. The fraction of sp³-hybridized carbons (Fsp3) is 0.143. The number of aromatic nitrogens is 3. The van der Waals surface area contributed by atoms with Crippen molar-refractivity contribution in [2.45, 2.75) is 6.92 Å². The molecule has 3 aromatic rings. The molecule has 0 spiro atoms. The third kappa shape index (κ3) is 4.97. The lowest BCUT2D eigenvalue weighted by atomic mass is 10.1. The number of aryl methyl sites for hydroxylation is 1. The fourth-order valence-corrected chi connectivity index (χ4v) is 3.57.